The van der Waals surface area contributed by atoms with E-state index in [0.29, 0.717) is 12.1 Å². The number of alkyl halides is 3. The molecule has 1 aromatic carbocycles. The summed E-state index contributed by atoms with van der Waals surface area (Å²) in [6.45, 7) is 2.74. The predicted molar refractivity (Wildman–Crippen MR) is 43.2 cm³/mol. The highest BCUT2D eigenvalue weighted by molar-refractivity contribution is 5.59. The Bertz CT molecular complexity index is 408. The number of hydrogen-bond acceptors (Lipinski definition) is 1. The van der Waals surface area contributed by atoms with Gasteiger partial charge in [0.05, 0.1) is 0 Å². The van der Waals surface area contributed by atoms with Crippen molar-refractivity contribution >= 4 is 5.83 Å². The van der Waals surface area contributed by atoms with Gasteiger partial charge in [0.25, 0.3) is 0 Å². The Balaban J connectivity index is 3.45. The summed E-state index contributed by atoms with van der Waals surface area (Å²) in [6.07, 6.45) is -4.95. The summed E-state index contributed by atoms with van der Waals surface area (Å²) in [6, 6.07) is 0.730. The molecule has 0 fully saturated rings. The second kappa shape index (κ2) is 3.52. The summed E-state index contributed by atoms with van der Waals surface area (Å²) in [4.78, 5) is 0. The first-order chi connectivity index (χ1) is 6.73. The van der Waals surface area contributed by atoms with Gasteiger partial charge in [-0.1, -0.05) is 6.58 Å². The van der Waals surface area contributed by atoms with Crippen molar-refractivity contribution in [2.45, 2.75) is 6.18 Å². The molecule has 0 atom stereocenters. The topological polar surface area (TPSA) is 20.2 Å². The smallest absolute Gasteiger partial charge is 0.420 e. The molecule has 1 N–H and O–H groups in total. The molecule has 0 aliphatic carbocycles. The van der Waals surface area contributed by atoms with E-state index in [2.05, 4.69) is 6.58 Å². The molecule has 0 unspecified atom stereocenters. The fourth-order valence-corrected chi connectivity index (χ4v) is 0.972. The zero-order valence-corrected chi connectivity index (χ0v) is 7.20. The van der Waals surface area contributed by atoms with Gasteiger partial charge in [0.15, 0.2) is 11.6 Å². The summed E-state index contributed by atoms with van der Waals surface area (Å²) in [5.74, 6) is -4.30. The van der Waals surface area contributed by atoms with Crippen LogP contribution >= 0.6 is 0 Å². The van der Waals surface area contributed by atoms with E-state index in [4.69, 9.17) is 5.11 Å². The Morgan fingerprint density at radius 2 is 1.80 bits per heavy atom. The molecule has 0 saturated heterocycles. The first-order valence-corrected chi connectivity index (χ1v) is 3.68. The van der Waals surface area contributed by atoms with E-state index in [-0.39, 0.29) is 0 Å². The molecule has 0 saturated carbocycles. The number of phenolic OH excluding ortho intramolecular Hbond substituents is 1. The van der Waals surface area contributed by atoms with Crippen molar-refractivity contribution in [2.75, 3.05) is 0 Å². The molecule has 0 aromatic heterocycles. The van der Waals surface area contributed by atoms with E-state index < -0.39 is 34.7 Å². The Labute approximate surface area is 81.5 Å². The average molecular weight is 224 g/mol. The second-order valence-electron chi connectivity index (χ2n) is 2.76. The lowest BCUT2D eigenvalue weighted by Gasteiger charge is -2.10. The van der Waals surface area contributed by atoms with Crippen LogP contribution < -0.4 is 0 Å². The maximum absolute atomic E-state index is 12.8. The van der Waals surface area contributed by atoms with Crippen molar-refractivity contribution in [3.05, 3.63) is 35.7 Å². The van der Waals surface area contributed by atoms with Crippen molar-refractivity contribution in [1.29, 1.82) is 0 Å². The van der Waals surface area contributed by atoms with Crippen LogP contribution in [0.2, 0.25) is 0 Å². The summed E-state index contributed by atoms with van der Waals surface area (Å²) in [5.41, 5.74) is -2.28. The molecule has 0 aliphatic rings. The van der Waals surface area contributed by atoms with E-state index in [0.717, 1.165) is 0 Å². The number of benzene rings is 1. The highest BCUT2D eigenvalue weighted by Crippen LogP contribution is 2.38. The summed E-state index contributed by atoms with van der Waals surface area (Å²) >= 11 is 0. The molecule has 0 aliphatic heterocycles. The summed E-state index contributed by atoms with van der Waals surface area (Å²) in [5, 5.41) is 8.79. The fourth-order valence-electron chi connectivity index (χ4n) is 0.972. The third-order valence-electron chi connectivity index (χ3n) is 1.68. The molecule has 82 valence electrons. The van der Waals surface area contributed by atoms with Crippen LogP contribution in [0.3, 0.4) is 0 Å². The Morgan fingerprint density at radius 3 is 2.20 bits per heavy atom. The number of halogens is 5. The van der Waals surface area contributed by atoms with Gasteiger partial charge in [-0.25, -0.2) is 8.78 Å². The first-order valence-electron chi connectivity index (χ1n) is 3.68. The average Bonchev–Trinajstić information content (AvgIpc) is 2.06. The van der Waals surface area contributed by atoms with E-state index in [1.807, 2.05) is 0 Å². The van der Waals surface area contributed by atoms with E-state index in [1.165, 1.54) is 0 Å². The largest absolute Gasteiger partial charge is 0.504 e. The van der Waals surface area contributed by atoms with Gasteiger partial charge in [-0.05, 0) is 12.1 Å². The van der Waals surface area contributed by atoms with Gasteiger partial charge in [-0.15, -0.1) is 0 Å². The van der Waals surface area contributed by atoms with Crippen LogP contribution in [0.5, 0.6) is 5.75 Å². The van der Waals surface area contributed by atoms with Gasteiger partial charge in [-0.3, -0.25) is 0 Å². The lowest BCUT2D eigenvalue weighted by molar-refractivity contribution is -0.139. The molecular weight excluding hydrogens is 219 g/mol. The third kappa shape index (κ3) is 2.26. The summed E-state index contributed by atoms with van der Waals surface area (Å²) < 4.78 is 61.9. The molecule has 0 amide bonds. The van der Waals surface area contributed by atoms with Gasteiger partial charge >= 0.3 is 6.18 Å². The van der Waals surface area contributed by atoms with Gasteiger partial charge < -0.3 is 5.11 Å². The predicted octanol–water partition coefficient (Wildman–Crippen LogP) is 3.49. The second-order valence-corrected chi connectivity index (χ2v) is 2.76. The van der Waals surface area contributed by atoms with Crippen LogP contribution in [-0.4, -0.2) is 5.11 Å². The molecule has 1 aromatic rings. The Hall–Kier alpha value is -1.59. The molecule has 0 spiro atoms. The molecule has 0 heterocycles. The standard InChI is InChI=1S/C9H5F5O/c1-4(10)5-2-6(9(12,13)14)8(15)7(11)3-5/h2-3,15H,1H2. The monoisotopic (exact) mass is 224 g/mol. The van der Waals surface area contributed by atoms with Crippen LogP contribution in [0.15, 0.2) is 18.7 Å². The van der Waals surface area contributed by atoms with Crippen molar-refractivity contribution in [1.82, 2.24) is 0 Å². The van der Waals surface area contributed by atoms with Crippen molar-refractivity contribution in [3.8, 4) is 5.75 Å². The van der Waals surface area contributed by atoms with Gasteiger partial charge in [-0.2, -0.15) is 13.2 Å². The van der Waals surface area contributed by atoms with Crippen LogP contribution in [0.25, 0.3) is 5.83 Å². The van der Waals surface area contributed by atoms with Gasteiger partial charge in [0.1, 0.15) is 11.4 Å². The molecule has 1 nitrogen and oxygen atoms in total. The number of phenols is 1. The van der Waals surface area contributed by atoms with Crippen LogP contribution in [0.1, 0.15) is 11.1 Å². The quantitative estimate of drug-likeness (QED) is 0.724. The lowest BCUT2D eigenvalue weighted by atomic mass is 10.1. The highest BCUT2D eigenvalue weighted by Gasteiger charge is 2.35. The minimum Gasteiger partial charge on any atom is -0.504 e. The van der Waals surface area contributed by atoms with Crippen molar-refractivity contribution in [3.63, 3.8) is 0 Å². The third-order valence-corrected chi connectivity index (χ3v) is 1.68. The minimum atomic E-state index is -4.95. The molecule has 0 bridgehead atoms. The summed E-state index contributed by atoms with van der Waals surface area (Å²) in [7, 11) is 0. The molecule has 6 heteroatoms. The Morgan fingerprint density at radius 1 is 1.27 bits per heavy atom. The first kappa shape index (κ1) is 11.5. The van der Waals surface area contributed by atoms with E-state index >= 15 is 0 Å². The highest BCUT2D eigenvalue weighted by atomic mass is 19.4. The molecular formula is C9H5F5O. The normalized spacial score (nSPS) is 11.5. The van der Waals surface area contributed by atoms with E-state index in [9.17, 15) is 22.0 Å². The molecule has 15 heavy (non-hydrogen) atoms. The maximum Gasteiger partial charge on any atom is 0.420 e. The zero-order chi connectivity index (χ0) is 11.8. The van der Waals surface area contributed by atoms with Gasteiger partial charge in [0.2, 0.25) is 0 Å². The SMILES string of the molecule is C=C(F)c1cc(F)c(O)c(C(F)(F)F)c1. The fraction of sp³-hybridized carbons (Fsp3) is 0.111. The van der Waals surface area contributed by atoms with Crippen LogP contribution in [0, 0.1) is 5.82 Å². The number of hydrogen-bond donors (Lipinski definition) is 1. The number of rotatable bonds is 1. The van der Waals surface area contributed by atoms with Crippen molar-refractivity contribution < 1.29 is 27.1 Å². The van der Waals surface area contributed by atoms with Crippen LogP contribution in [0.4, 0.5) is 22.0 Å². The Kier molecular flexibility index (Phi) is 2.70. The number of aromatic hydroxyl groups is 1. The van der Waals surface area contributed by atoms with Gasteiger partial charge in [0, 0.05) is 5.56 Å². The van der Waals surface area contributed by atoms with E-state index in [1.54, 1.807) is 0 Å². The molecule has 1 rings (SSSR count). The molecule has 0 radical (unpaired) electrons. The zero-order valence-electron chi connectivity index (χ0n) is 7.20. The van der Waals surface area contributed by atoms with Crippen LogP contribution in [-0.2, 0) is 6.18 Å². The maximum atomic E-state index is 12.8. The minimum absolute atomic E-state index is 0.292. The van der Waals surface area contributed by atoms with Crippen molar-refractivity contribution in [2.24, 2.45) is 0 Å². The lowest BCUT2D eigenvalue weighted by Crippen LogP contribution is -2.07.